The van der Waals surface area contributed by atoms with E-state index >= 15 is 0 Å². The number of carboxylic acids is 1. The molecule has 0 fully saturated rings. The van der Waals surface area contributed by atoms with Crippen LogP contribution in [0.2, 0.25) is 0 Å². The molecule has 0 saturated carbocycles. The summed E-state index contributed by atoms with van der Waals surface area (Å²) in [5, 5.41) is 8.50. The Morgan fingerprint density at radius 3 is 2.45 bits per heavy atom. The predicted octanol–water partition coefficient (Wildman–Crippen LogP) is 3.25. The zero-order valence-electron chi connectivity index (χ0n) is 11.6. The molecule has 3 nitrogen and oxygen atoms in total. The van der Waals surface area contributed by atoms with Gasteiger partial charge in [-0.1, -0.05) is 0 Å². The standard InChI is InChI=1S/C14H17F2NO2S/c1-9(8-20-3)17(2)14-11(15)6-10(7-12(14)16)4-5-13(18)19/h4-7,9H,8H2,1-3H3,(H,18,19)/b5-4+. The van der Waals surface area contributed by atoms with Crippen molar-refractivity contribution in [3.05, 3.63) is 35.4 Å². The first-order valence-electron chi connectivity index (χ1n) is 5.98. The summed E-state index contributed by atoms with van der Waals surface area (Å²) in [4.78, 5) is 11.9. The van der Waals surface area contributed by atoms with Crippen LogP contribution in [-0.2, 0) is 4.79 Å². The van der Waals surface area contributed by atoms with Gasteiger partial charge in [-0.3, -0.25) is 0 Å². The van der Waals surface area contributed by atoms with Gasteiger partial charge in [-0.25, -0.2) is 13.6 Å². The minimum absolute atomic E-state index is 0.0191. The van der Waals surface area contributed by atoms with Gasteiger partial charge in [0, 0.05) is 24.9 Å². The molecule has 1 rings (SSSR count). The van der Waals surface area contributed by atoms with E-state index in [1.807, 2.05) is 13.2 Å². The molecule has 1 aromatic rings. The van der Waals surface area contributed by atoms with Crippen molar-refractivity contribution in [1.82, 2.24) is 0 Å². The molecule has 20 heavy (non-hydrogen) atoms. The second-order valence-electron chi connectivity index (χ2n) is 4.42. The van der Waals surface area contributed by atoms with Crippen molar-refractivity contribution >= 4 is 29.5 Å². The molecule has 1 unspecified atom stereocenters. The molecular weight excluding hydrogens is 284 g/mol. The molecule has 0 aliphatic rings. The minimum atomic E-state index is -1.17. The lowest BCUT2D eigenvalue weighted by molar-refractivity contribution is -0.131. The highest BCUT2D eigenvalue weighted by atomic mass is 32.2. The molecule has 1 atom stereocenters. The maximum atomic E-state index is 14.0. The van der Waals surface area contributed by atoms with Gasteiger partial charge in [0.05, 0.1) is 0 Å². The average molecular weight is 301 g/mol. The SMILES string of the molecule is CSCC(C)N(C)c1c(F)cc(/C=C/C(=O)O)cc1F. The number of carbonyl (C=O) groups is 1. The van der Waals surface area contributed by atoms with Gasteiger partial charge in [-0.2, -0.15) is 11.8 Å². The smallest absolute Gasteiger partial charge is 0.328 e. The van der Waals surface area contributed by atoms with Crippen LogP contribution in [0.4, 0.5) is 14.5 Å². The van der Waals surface area contributed by atoms with Crippen molar-refractivity contribution in [2.24, 2.45) is 0 Å². The lowest BCUT2D eigenvalue weighted by Crippen LogP contribution is -2.32. The summed E-state index contributed by atoms with van der Waals surface area (Å²) in [6.45, 7) is 1.88. The van der Waals surface area contributed by atoms with E-state index in [2.05, 4.69) is 0 Å². The fourth-order valence-electron chi connectivity index (χ4n) is 1.76. The van der Waals surface area contributed by atoms with Crippen molar-refractivity contribution in [1.29, 1.82) is 0 Å². The molecule has 0 saturated heterocycles. The quantitative estimate of drug-likeness (QED) is 0.819. The summed E-state index contributed by atoms with van der Waals surface area (Å²) < 4.78 is 28.0. The number of hydrogen-bond acceptors (Lipinski definition) is 3. The highest BCUT2D eigenvalue weighted by molar-refractivity contribution is 7.98. The number of halogens is 2. The molecule has 0 radical (unpaired) electrons. The third-order valence-corrected chi connectivity index (χ3v) is 3.70. The molecule has 0 aromatic heterocycles. The van der Waals surface area contributed by atoms with E-state index in [1.165, 1.54) is 0 Å². The number of thioether (sulfide) groups is 1. The van der Waals surface area contributed by atoms with Crippen LogP contribution in [0.5, 0.6) is 0 Å². The van der Waals surface area contributed by atoms with Crippen LogP contribution in [0, 0.1) is 11.6 Å². The Balaban J connectivity index is 3.08. The molecule has 0 spiro atoms. The van der Waals surface area contributed by atoms with Gasteiger partial charge in [-0.15, -0.1) is 0 Å². The largest absolute Gasteiger partial charge is 0.478 e. The molecule has 0 aliphatic heterocycles. The Labute approximate surface area is 121 Å². The number of hydrogen-bond donors (Lipinski definition) is 1. The Kier molecular flexibility index (Phi) is 6.01. The van der Waals surface area contributed by atoms with Crippen molar-refractivity contribution in [3.8, 4) is 0 Å². The number of rotatable bonds is 6. The van der Waals surface area contributed by atoms with Crippen LogP contribution in [0.1, 0.15) is 12.5 Å². The topological polar surface area (TPSA) is 40.5 Å². The molecule has 1 N–H and O–H groups in total. The number of carboxylic acid groups (broad SMARTS) is 1. The van der Waals surface area contributed by atoms with Gasteiger partial charge in [0.15, 0.2) is 0 Å². The maximum absolute atomic E-state index is 14.0. The van der Waals surface area contributed by atoms with Crippen LogP contribution >= 0.6 is 11.8 Å². The number of anilines is 1. The second-order valence-corrected chi connectivity index (χ2v) is 5.33. The number of nitrogens with zero attached hydrogens (tertiary/aromatic N) is 1. The van der Waals surface area contributed by atoms with Crippen LogP contribution in [0.3, 0.4) is 0 Å². The van der Waals surface area contributed by atoms with Crippen molar-refractivity contribution in [2.45, 2.75) is 13.0 Å². The maximum Gasteiger partial charge on any atom is 0.328 e. The highest BCUT2D eigenvalue weighted by Crippen LogP contribution is 2.26. The van der Waals surface area contributed by atoms with E-state index in [9.17, 15) is 13.6 Å². The summed E-state index contributed by atoms with van der Waals surface area (Å²) >= 11 is 1.60. The molecule has 110 valence electrons. The van der Waals surface area contributed by atoms with E-state index < -0.39 is 17.6 Å². The van der Waals surface area contributed by atoms with E-state index in [1.54, 1.807) is 23.7 Å². The Morgan fingerprint density at radius 1 is 1.45 bits per heavy atom. The monoisotopic (exact) mass is 301 g/mol. The van der Waals surface area contributed by atoms with Gasteiger partial charge in [0.2, 0.25) is 0 Å². The summed E-state index contributed by atoms with van der Waals surface area (Å²) in [6, 6.07) is 2.23. The minimum Gasteiger partial charge on any atom is -0.478 e. The normalized spacial score (nSPS) is 12.7. The fraction of sp³-hybridized carbons (Fsp3) is 0.357. The van der Waals surface area contributed by atoms with Crippen molar-refractivity contribution in [2.75, 3.05) is 24.0 Å². The van der Waals surface area contributed by atoms with E-state index in [0.29, 0.717) is 0 Å². The third kappa shape index (κ3) is 4.23. The van der Waals surface area contributed by atoms with Gasteiger partial charge in [0.1, 0.15) is 17.3 Å². The second kappa shape index (κ2) is 7.28. The summed E-state index contributed by atoms with van der Waals surface area (Å²) in [6.07, 6.45) is 3.92. The lowest BCUT2D eigenvalue weighted by atomic mass is 10.1. The van der Waals surface area contributed by atoms with E-state index in [4.69, 9.17) is 5.11 Å². The van der Waals surface area contributed by atoms with Gasteiger partial charge in [0.25, 0.3) is 0 Å². The zero-order valence-corrected chi connectivity index (χ0v) is 12.4. The van der Waals surface area contributed by atoms with Gasteiger partial charge >= 0.3 is 5.97 Å². The summed E-state index contributed by atoms with van der Waals surface area (Å²) in [5.74, 6) is -1.83. The number of benzene rings is 1. The molecular formula is C14H17F2NO2S. The van der Waals surface area contributed by atoms with Crippen LogP contribution in [0.15, 0.2) is 18.2 Å². The Hall–Kier alpha value is -1.56. The molecule has 0 bridgehead atoms. The number of aliphatic carboxylic acids is 1. The van der Waals surface area contributed by atoms with Crippen LogP contribution in [-0.4, -0.2) is 36.2 Å². The fourth-order valence-corrected chi connectivity index (χ4v) is 2.47. The molecule has 1 aromatic carbocycles. The Morgan fingerprint density at radius 2 is 2.00 bits per heavy atom. The lowest BCUT2D eigenvalue weighted by Gasteiger charge is -2.27. The van der Waals surface area contributed by atoms with Crippen LogP contribution < -0.4 is 4.90 Å². The third-order valence-electron chi connectivity index (χ3n) is 2.88. The van der Waals surface area contributed by atoms with Gasteiger partial charge in [-0.05, 0) is 37.0 Å². The first kappa shape index (κ1) is 16.5. The molecule has 0 heterocycles. The van der Waals surface area contributed by atoms with E-state index in [-0.39, 0.29) is 17.3 Å². The highest BCUT2D eigenvalue weighted by Gasteiger charge is 2.18. The Bertz CT molecular complexity index is 497. The van der Waals surface area contributed by atoms with Crippen molar-refractivity contribution in [3.63, 3.8) is 0 Å². The first-order valence-corrected chi connectivity index (χ1v) is 7.38. The molecule has 0 aliphatic carbocycles. The molecule has 6 heteroatoms. The summed E-state index contributed by atoms with van der Waals surface area (Å²) in [7, 11) is 1.63. The van der Waals surface area contributed by atoms with Crippen molar-refractivity contribution < 1.29 is 18.7 Å². The average Bonchev–Trinajstić information content (AvgIpc) is 2.35. The zero-order chi connectivity index (χ0) is 15.3. The van der Waals surface area contributed by atoms with Gasteiger partial charge < -0.3 is 10.0 Å². The summed E-state index contributed by atoms with van der Waals surface area (Å²) in [5.41, 5.74) is 0.0797. The van der Waals surface area contributed by atoms with Crippen LogP contribution in [0.25, 0.3) is 6.08 Å². The van der Waals surface area contributed by atoms with E-state index in [0.717, 1.165) is 30.0 Å². The first-order chi connectivity index (χ1) is 9.36. The predicted molar refractivity (Wildman–Crippen MR) is 79.3 cm³/mol. The molecule has 0 amide bonds.